The minimum atomic E-state index is 0.729. The lowest BCUT2D eigenvalue weighted by Gasteiger charge is -1.94. The van der Waals surface area contributed by atoms with E-state index in [9.17, 15) is 0 Å². The molecule has 0 saturated heterocycles. The molecule has 0 fully saturated rings. The first-order chi connectivity index (χ1) is 47.8. The summed E-state index contributed by atoms with van der Waals surface area (Å²) in [6.07, 6.45) is 0. The van der Waals surface area contributed by atoms with Gasteiger partial charge in [0.15, 0.2) is 54.8 Å². The van der Waals surface area contributed by atoms with Crippen molar-refractivity contribution in [3.8, 4) is 10.1 Å². The molecule has 0 atom stereocenters. The molecule has 24 aromatic rings. The zero-order valence-electron chi connectivity index (χ0n) is 53.2. The van der Waals surface area contributed by atoms with Crippen LogP contribution in [0.15, 0.2) is 172 Å². The van der Waals surface area contributed by atoms with Gasteiger partial charge in [0.05, 0.1) is 81.4 Å². The Labute approximate surface area is 594 Å². The number of furan rings is 6. The standard InChI is InChI=1S/C20H12O4.C20H12O2S4.C20H12O2S2.C20H12S4/c1-9-7-11-3-5-13-17(15(11)21-9)23-20-14-6-4-12-8-10(2)22-16(12)18(14)24-19(13)20;1-21-13-7-9-3-5-11-17(15(9)23-13)25-20-12-6-4-10-8-14(22-2)24-16(10)18(12)26-19(11)20;1-9-7-11-3-5-13-17(15(11)21-9)23-20-14-6-4-12-8-10(2)22-16(12)18(14)24-19(13)20;1-9-7-13-15(21-9)5-3-11-17(13)23-20-12-4-6-16-14(8-10(2)22-16)18(12)24-19(11)20/h3-8H,1-2H3;3-8H,1-2H3;2*3-8H,1-2H3. The van der Waals surface area contributed by atoms with Crippen LogP contribution in [-0.4, -0.2) is 14.2 Å². The quantitative estimate of drug-likeness (QED) is 0.169. The minimum Gasteiger partial charge on any atom is -0.487 e. The molecule has 0 aliphatic rings. The number of benzene rings is 8. The highest BCUT2D eigenvalue weighted by molar-refractivity contribution is 7.41. The molecule has 18 heteroatoms. The van der Waals surface area contributed by atoms with Crippen molar-refractivity contribution >= 4 is 319 Å². The Bertz CT molecular complexity index is 6540. The third-order valence-electron chi connectivity index (χ3n) is 18.7. The van der Waals surface area contributed by atoms with Crippen LogP contribution in [0.25, 0.3) is 206 Å². The number of hydrogen-bond acceptors (Lipinski definition) is 18. The lowest BCUT2D eigenvalue weighted by atomic mass is 10.1. The topological polar surface area (TPSA) is 97.3 Å². The zero-order chi connectivity index (χ0) is 65.4. The van der Waals surface area contributed by atoms with Crippen LogP contribution in [-0.2, 0) is 0 Å². The third-order valence-corrected chi connectivity index (χ3v) is 31.1. The molecule has 0 aliphatic carbocycles. The molecule has 0 bridgehead atoms. The van der Waals surface area contributed by atoms with Crippen molar-refractivity contribution < 1.29 is 36.0 Å². The maximum atomic E-state index is 6.16. The van der Waals surface area contributed by atoms with E-state index in [1.807, 2.05) is 155 Å². The van der Waals surface area contributed by atoms with Crippen molar-refractivity contribution in [1.82, 2.24) is 0 Å². The zero-order valence-corrected chi connectivity index (χ0v) is 61.4. The summed E-state index contributed by atoms with van der Waals surface area (Å²) < 4.78 is 68.8. The van der Waals surface area contributed by atoms with Gasteiger partial charge in [0.1, 0.15) is 23.0 Å². The van der Waals surface area contributed by atoms with Gasteiger partial charge in [-0.3, -0.25) is 0 Å². The van der Waals surface area contributed by atoms with E-state index in [1.54, 1.807) is 36.9 Å². The summed E-state index contributed by atoms with van der Waals surface area (Å²) in [4.78, 5) is 2.80. The Balaban J connectivity index is 0.0000000862. The second-order valence-corrected chi connectivity index (χ2v) is 35.7. The predicted molar refractivity (Wildman–Crippen MR) is 430 cm³/mol. The highest BCUT2D eigenvalue weighted by atomic mass is 32.1. The Morgan fingerprint density at radius 2 is 0.500 bits per heavy atom. The largest absolute Gasteiger partial charge is 0.487 e. The van der Waals surface area contributed by atoms with Crippen LogP contribution < -0.4 is 9.47 Å². The van der Waals surface area contributed by atoms with Crippen molar-refractivity contribution in [3.63, 3.8) is 0 Å². The molecule has 0 spiro atoms. The van der Waals surface area contributed by atoms with Crippen LogP contribution in [0, 0.1) is 41.5 Å². The van der Waals surface area contributed by atoms with Crippen LogP contribution in [0.4, 0.5) is 0 Å². The average molecular weight is 1460 g/mol. The van der Waals surface area contributed by atoms with Crippen LogP contribution in [0.2, 0.25) is 0 Å². The van der Waals surface area contributed by atoms with E-state index in [4.69, 9.17) is 36.0 Å². The van der Waals surface area contributed by atoms with E-state index in [-0.39, 0.29) is 0 Å². The lowest BCUT2D eigenvalue weighted by Crippen LogP contribution is -1.73. The van der Waals surface area contributed by atoms with Gasteiger partial charge in [-0.05, 0) is 125 Å². The number of rotatable bonds is 2. The summed E-state index contributed by atoms with van der Waals surface area (Å²) in [6, 6.07) is 52.3. The molecule has 476 valence electrons. The van der Waals surface area contributed by atoms with E-state index in [2.05, 4.69) is 123 Å². The van der Waals surface area contributed by atoms with Crippen molar-refractivity contribution in [2.45, 2.75) is 41.5 Å². The van der Waals surface area contributed by atoms with E-state index in [0.717, 1.165) is 99.4 Å². The highest BCUT2D eigenvalue weighted by Gasteiger charge is 2.25. The van der Waals surface area contributed by atoms with Gasteiger partial charge in [-0.1, -0.05) is 95.5 Å². The molecule has 0 radical (unpaired) electrons. The van der Waals surface area contributed by atoms with Crippen LogP contribution in [0.1, 0.15) is 32.8 Å². The second kappa shape index (κ2) is 21.4. The van der Waals surface area contributed by atoms with Gasteiger partial charge >= 0.3 is 0 Å². The van der Waals surface area contributed by atoms with Crippen LogP contribution in [0.5, 0.6) is 10.1 Å². The Hall–Kier alpha value is -8.76. The van der Waals surface area contributed by atoms with Crippen molar-refractivity contribution in [1.29, 1.82) is 0 Å². The summed E-state index contributed by atoms with van der Waals surface area (Å²) in [5.41, 5.74) is 6.48. The van der Waals surface area contributed by atoms with E-state index in [1.165, 1.54) is 150 Å². The summed E-state index contributed by atoms with van der Waals surface area (Å²) in [6.45, 7) is 12.3. The molecule has 8 nitrogen and oxygen atoms in total. The lowest BCUT2D eigenvalue weighted by molar-refractivity contribution is 0.427. The van der Waals surface area contributed by atoms with Gasteiger partial charge in [0.2, 0.25) is 0 Å². The second-order valence-electron chi connectivity index (χ2n) is 25.0. The normalized spacial score (nSPS) is 12.5. The van der Waals surface area contributed by atoms with Gasteiger partial charge in [-0.25, -0.2) is 0 Å². The van der Waals surface area contributed by atoms with Gasteiger partial charge in [0, 0.05) is 93.2 Å². The van der Waals surface area contributed by atoms with Gasteiger partial charge in [-0.2, -0.15) is 0 Å². The fourth-order valence-corrected chi connectivity index (χ4v) is 27.2. The summed E-state index contributed by atoms with van der Waals surface area (Å²) in [7, 11) is 3.48. The summed E-state index contributed by atoms with van der Waals surface area (Å²) in [5, 5.41) is 21.8. The number of ether oxygens (including phenoxy) is 2. The number of methoxy groups -OCH3 is 2. The smallest absolute Gasteiger partial charge is 0.182 e. The molecule has 24 rings (SSSR count). The Morgan fingerprint density at radius 1 is 0.214 bits per heavy atom. The molecule has 16 aromatic heterocycles. The molecule has 0 unspecified atom stereocenters. The predicted octanol–water partition coefficient (Wildman–Crippen LogP) is 29.9. The van der Waals surface area contributed by atoms with Crippen molar-refractivity contribution in [2.24, 2.45) is 0 Å². The minimum absolute atomic E-state index is 0.729. The van der Waals surface area contributed by atoms with Gasteiger partial charge < -0.3 is 36.0 Å². The molecule has 8 aromatic carbocycles. The SMILES string of the molecule is COc1cc2ccc3c(sc4c5ccc6cc(OC)sc6c5sc34)c2s1.Cc1cc2c(ccc3c2sc2c4ccc5sc(C)cc5c4sc32)s1.Cc1cc2ccc3c(oc4c5ccc6cc(C)oc6c5oc34)c2o1.Cc1cc2ccc3c(sc4c5ccc6cc(C)oc6c5sc34)c2o1. The van der Waals surface area contributed by atoms with E-state index in [0.29, 0.717) is 0 Å². The maximum absolute atomic E-state index is 6.16. The Kier molecular flexibility index (Phi) is 12.7. The molecule has 0 aliphatic heterocycles. The van der Waals surface area contributed by atoms with Crippen molar-refractivity contribution in [3.05, 3.63) is 178 Å². The molecule has 0 N–H and O–H groups in total. The molecule has 16 heterocycles. The molecule has 0 amide bonds. The number of fused-ring (bicyclic) bond motifs is 36. The first-order valence-electron chi connectivity index (χ1n) is 31.7. The van der Waals surface area contributed by atoms with Crippen LogP contribution in [0.3, 0.4) is 0 Å². The number of hydrogen-bond donors (Lipinski definition) is 0. The highest BCUT2D eigenvalue weighted by Crippen LogP contribution is 2.54. The maximum Gasteiger partial charge on any atom is 0.182 e. The summed E-state index contributed by atoms with van der Waals surface area (Å²) >= 11 is 18.7. The van der Waals surface area contributed by atoms with E-state index < -0.39 is 0 Å². The average Bonchev–Trinajstić information content (AvgIpc) is 1.58. The van der Waals surface area contributed by atoms with E-state index >= 15 is 0 Å². The van der Waals surface area contributed by atoms with Gasteiger partial charge in [-0.15, -0.1) is 90.7 Å². The number of aryl methyl sites for hydroxylation is 6. The van der Waals surface area contributed by atoms with Crippen LogP contribution >= 0.6 is 113 Å². The van der Waals surface area contributed by atoms with Crippen molar-refractivity contribution in [2.75, 3.05) is 14.2 Å². The summed E-state index contributed by atoms with van der Waals surface area (Å²) in [5.74, 6) is 3.66. The molecule has 0 saturated carbocycles. The molecular formula is C80H48O8S10. The fourth-order valence-electron chi connectivity index (χ4n) is 14.4. The van der Waals surface area contributed by atoms with Gasteiger partial charge in [0.25, 0.3) is 0 Å². The Morgan fingerprint density at radius 3 is 0.888 bits per heavy atom. The molecule has 98 heavy (non-hydrogen) atoms. The third kappa shape index (κ3) is 8.56. The monoisotopic (exact) mass is 1460 g/mol. The first-order valence-corrected chi connectivity index (χ1v) is 39.8. The first kappa shape index (κ1) is 58.2. The fraction of sp³-hybridized carbons (Fsp3) is 0.100. The number of thiophene rings is 10. The molecular weight excluding hydrogens is 1410 g/mol.